The van der Waals surface area contributed by atoms with Gasteiger partial charge in [0.05, 0.1) is 6.26 Å². The predicted molar refractivity (Wildman–Crippen MR) is 137 cm³/mol. The minimum absolute atomic E-state index is 0. The zero-order chi connectivity index (χ0) is 21.0. The molecule has 2 N–H and O–H groups in total. The maximum absolute atomic E-state index is 5.64. The Kier molecular flexibility index (Phi) is 12.0. The summed E-state index contributed by atoms with van der Waals surface area (Å²) in [6, 6.07) is 15.6. The van der Waals surface area contributed by atoms with Gasteiger partial charge in [-0.15, -0.1) is 24.0 Å². The van der Waals surface area contributed by atoms with Crippen molar-refractivity contribution >= 4 is 29.9 Å². The standard InChI is InChI=1S/C24H36N4O2.HI/c1-3-25-24(26-13-8-15-29-19-23-11-7-16-30-23)27-22-12-14-28(20(2)17-22)18-21-9-5-4-6-10-21;/h4-7,9-11,16,20,22H,3,8,12-15,17-19H2,1-2H3,(H2,25,26,27);1H. The van der Waals surface area contributed by atoms with Crippen LogP contribution in [0.4, 0.5) is 0 Å². The number of aliphatic imine (C=N–C) groups is 1. The zero-order valence-corrected chi connectivity index (χ0v) is 21.1. The molecule has 2 aromatic rings. The Morgan fingerprint density at radius 1 is 1.23 bits per heavy atom. The highest BCUT2D eigenvalue weighted by Gasteiger charge is 2.25. The van der Waals surface area contributed by atoms with Crippen molar-refractivity contribution in [2.24, 2.45) is 4.99 Å². The van der Waals surface area contributed by atoms with Crippen molar-refractivity contribution in [3.05, 3.63) is 60.1 Å². The molecule has 2 heterocycles. The van der Waals surface area contributed by atoms with Gasteiger partial charge in [-0.1, -0.05) is 30.3 Å². The fourth-order valence-electron chi connectivity index (χ4n) is 3.84. The summed E-state index contributed by atoms with van der Waals surface area (Å²) in [5.74, 6) is 1.78. The second-order valence-electron chi connectivity index (χ2n) is 7.92. The van der Waals surface area contributed by atoms with Crippen LogP contribution in [-0.4, -0.2) is 49.2 Å². The molecule has 3 rings (SSSR count). The van der Waals surface area contributed by atoms with Crippen LogP contribution in [0.5, 0.6) is 0 Å². The second kappa shape index (κ2) is 14.5. The lowest BCUT2D eigenvalue weighted by atomic mass is 9.97. The number of hydrogen-bond donors (Lipinski definition) is 2. The number of halogens is 1. The molecule has 7 heteroatoms. The lowest BCUT2D eigenvalue weighted by molar-refractivity contribution is 0.105. The minimum Gasteiger partial charge on any atom is -0.467 e. The molecule has 172 valence electrons. The van der Waals surface area contributed by atoms with Crippen molar-refractivity contribution in [1.82, 2.24) is 15.5 Å². The SMILES string of the molecule is CCNC(=NCCCOCc1ccco1)NC1CCN(Cc2ccccc2)C(C)C1.I. The largest absolute Gasteiger partial charge is 0.467 e. The molecular formula is C24H37IN4O2. The molecule has 0 amide bonds. The van der Waals surface area contributed by atoms with E-state index in [0.717, 1.165) is 57.2 Å². The number of likely N-dealkylation sites (tertiary alicyclic amines) is 1. The maximum atomic E-state index is 5.64. The molecule has 0 radical (unpaired) electrons. The zero-order valence-electron chi connectivity index (χ0n) is 18.8. The third-order valence-corrected chi connectivity index (χ3v) is 5.47. The van der Waals surface area contributed by atoms with Gasteiger partial charge in [0.25, 0.3) is 0 Å². The van der Waals surface area contributed by atoms with Crippen LogP contribution in [0.3, 0.4) is 0 Å². The Morgan fingerprint density at radius 2 is 2.06 bits per heavy atom. The van der Waals surface area contributed by atoms with Crippen LogP contribution < -0.4 is 10.6 Å². The molecule has 1 saturated heterocycles. The average molecular weight is 540 g/mol. The summed E-state index contributed by atoms with van der Waals surface area (Å²) in [6.45, 7) is 9.38. The van der Waals surface area contributed by atoms with Crippen LogP contribution in [0, 0.1) is 0 Å². The van der Waals surface area contributed by atoms with E-state index in [-0.39, 0.29) is 24.0 Å². The number of guanidine groups is 1. The van der Waals surface area contributed by atoms with Crippen molar-refractivity contribution in [3.8, 4) is 0 Å². The number of nitrogens with zero attached hydrogens (tertiary/aromatic N) is 2. The van der Waals surface area contributed by atoms with E-state index >= 15 is 0 Å². The highest BCUT2D eigenvalue weighted by Crippen LogP contribution is 2.19. The molecule has 1 fully saturated rings. The Labute approximate surface area is 203 Å². The Balaban J connectivity index is 0.00000341. The summed E-state index contributed by atoms with van der Waals surface area (Å²) in [6.07, 6.45) is 4.82. The van der Waals surface area contributed by atoms with Gasteiger partial charge < -0.3 is 19.8 Å². The first-order valence-electron chi connectivity index (χ1n) is 11.2. The molecule has 1 aromatic heterocycles. The lowest BCUT2D eigenvalue weighted by Gasteiger charge is -2.38. The molecule has 2 atom stereocenters. The number of ether oxygens (including phenoxy) is 1. The van der Waals surface area contributed by atoms with Crippen molar-refractivity contribution in [1.29, 1.82) is 0 Å². The number of piperidine rings is 1. The van der Waals surface area contributed by atoms with Crippen LogP contribution >= 0.6 is 24.0 Å². The van der Waals surface area contributed by atoms with Crippen molar-refractivity contribution < 1.29 is 9.15 Å². The van der Waals surface area contributed by atoms with Crippen molar-refractivity contribution in [3.63, 3.8) is 0 Å². The van der Waals surface area contributed by atoms with E-state index < -0.39 is 0 Å². The van der Waals surface area contributed by atoms with Crippen molar-refractivity contribution in [2.45, 2.75) is 58.3 Å². The van der Waals surface area contributed by atoms with Gasteiger partial charge in [-0.25, -0.2) is 0 Å². The summed E-state index contributed by atoms with van der Waals surface area (Å²) in [4.78, 5) is 7.31. The Bertz CT molecular complexity index is 739. The number of furan rings is 1. The van der Waals surface area contributed by atoms with Gasteiger partial charge in [-0.05, 0) is 50.8 Å². The predicted octanol–water partition coefficient (Wildman–Crippen LogP) is 4.41. The molecule has 0 spiro atoms. The second-order valence-corrected chi connectivity index (χ2v) is 7.92. The molecule has 31 heavy (non-hydrogen) atoms. The van der Waals surface area contributed by atoms with Gasteiger partial charge in [0.1, 0.15) is 12.4 Å². The molecule has 0 bridgehead atoms. The van der Waals surface area contributed by atoms with Crippen LogP contribution in [-0.2, 0) is 17.9 Å². The maximum Gasteiger partial charge on any atom is 0.191 e. The number of rotatable bonds is 10. The summed E-state index contributed by atoms with van der Waals surface area (Å²) >= 11 is 0. The summed E-state index contributed by atoms with van der Waals surface area (Å²) < 4.78 is 10.9. The molecule has 0 aliphatic carbocycles. The first-order valence-corrected chi connectivity index (χ1v) is 11.2. The quantitative estimate of drug-likeness (QED) is 0.202. The molecule has 6 nitrogen and oxygen atoms in total. The molecule has 1 aromatic carbocycles. The monoisotopic (exact) mass is 540 g/mol. The van der Waals surface area contributed by atoms with E-state index in [4.69, 9.17) is 14.1 Å². The topological polar surface area (TPSA) is 62.0 Å². The Hall–Kier alpha value is -1.58. The fraction of sp³-hybridized carbons (Fsp3) is 0.542. The third kappa shape index (κ3) is 9.21. The number of hydrogen-bond acceptors (Lipinski definition) is 4. The summed E-state index contributed by atoms with van der Waals surface area (Å²) in [7, 11) is 0. The van der Waals surface area contributed by atoms with E-state index in [2.05, 4.69) is 59.7 Å². The van der Waals surface area contributed by atoms with Crippen molar-refractivity contribution in [2.75, 3.05) is 26.2 Å². The van der Waals surface area contributed by atoms with Gasteiger partial charge in [0.2, 0.25) is 0 Å². The summed E-state index contributed by atoms with van der Waals surface area (Å²) in [5.41, 5.74) is 1.39. The molecule has 1 aliphatic rings. The minimum atomic E-state index is 0. The van der Waals surface area contributed by atoms with Crippen LogP contribution in [0.1, 0.15) is 44.4 Å². The normalized spacial score (nSPS) is 19.6. The van der Waals surface area contributed by atoms with E-state index in [1.807, 2.05) is 12.1 Å². The van der Waals surface area contributed by atoms with Crippen LogP contribution in [0.25, 0.3) is 0 Å². The third-order valence-electron chi connectivity index (χ3n) is 5.47. The highest BCUT2D eigenvalue weighted by atomic mass is 127. The van der Waals surface area contributed by atoms with E-state index in [1.54, 1.807) is 6.26 Å². The first kappa shape index (κ1) is 25.7. The lowest BCUT2D eigenvalue weighted by Crippen LogP contribution is -2.51. The molecule has 1 aliphatic heterocycles. The van der Waals surface area contributed by atoms with Gasteiger partial charge in [0, 0.05) is 44.9 Å². The van der Waals surface area contributed by atoms with E-state index in [0.29, 0.717) is 25.3 Å². The van der Waals surface area contributed by atoms with E-state index in [1.165, 1.54) is 5.56 Å². The number of nitrogens with one attached hydrogen (secondary N) is 2. The molecule has 0 saturated carbocycles. The van der Waals surface area contributed by atoms with Gasteiger partial charge in [-0.2, -0.15) is 0 Å². The molecule has 2 unspecified atom stereocenters. The smallest absolute Gasteiger partial charge is 0.191 e. The van der Waals surface area contributed by atoms with Gasteiger partial charge in [-0.3, -0.25) is 9.89 Å². The highest BCUT2D eigenvalue weighted by molar-refractivity contribution is 14.0. The summed E-state index contributed by atoms with van der Waals surface area (Å²) in [5, 5.41) is 7.02. The van der Waals surface area contributed by atoms with Gasteiger partial charge in [0.15, 0.2) is 5.96 Å². The average Bonchev–Trinajstić information content (AvgIpc) is 3.27. The van der Waals surface area contributed by atoms with Crippen LogP contribution in [0.2, 0.25) is 0 Å². The Morgan fingerprint density at radius 3 is 2.77 bits per heavy atom. The fourth-order valence-corrected chi connectivity index (χ4v) is 3.84. The molecular weight excluding hydrogens is 503 g/mol. The van der Waals surface area contributed by atoms with Gasteiger partial charge >= 0.3 is 0 Å². The van der Waals surface area contributed by atoms with Crippen LogP contribution in [0.15, 0.2) is 58.1 Å². The first-order chi connectivity index (χ1) is 14.7. The van der Waals surface area contributed by atoms with E-state index in [9.17, 15) is 0 Å². The number of benzene rings is 1.